The van der Waals surface area contributed by atoms with E-state index in [1.807, 2.05) is 140 Å². The predicted octanol–water partition coefficient (Wildman–Crippen LogP) is 9.18. The Kier molecular flexibility index (Phi) is 42.1. The first-order valence-corrected chi connectivity index (χ1v) is 30.7. The summed E-state index contributed by atoms with van der Waals surface area (Å²) in [5.74, 6) is -3.53. The average molecular weight is 1410 g/mol. The van der Waals surface area contributed by atoms with Gasteiger partial charge in [-0.25, -0.2) is 14.4 Å². The molecule has 0 saturated carbocycles. The zero-order valence-corrected chi connectivity index (χ0v) is 58.6. The molecule has 0 saturated heterocycles. The van der Waals surface area contributed by atoms with Crippen molar-refractivity contribution in [1.82, 2.24) is 0 Å². The van der Waals surface area contributed by atoms with Crippen molar-refractivity contribution >= 4 is 120 Å². The van der Waals surface area contributed by atoms with Crippen molar-refractivity contribution in [2.24, 2.45) is 0 Å². The maximum absolute atomic E-state index is 12.6. The van der Waals surface area contributed by atoms with Gasteiger partial charge in [0.25, 0.3) is 0 Å². The molecule has 0 spiro atoms. The van der Waals surface area contributed by atoms with Crippen LogP contribution in [0.4, 0.5) is 0 Å². The number of methoxy groups -OCH3 is 1. The van der Waals surface area contributed by atoms with Gasteiger partial charge in [0.2, 0.25) is 0 Å². The summed E-state index contributed by atoms with van der Waals surface area (Å²) in [4.78, 5) is 81.9. The van der Waals surface area contributed by atoms with E-state index < -0.39 is 40.1 Å². The van der Waals surface area contributed by atoms with Crippen molar-refractivity contribution in [3.63, 3.8) is 0 Å². The van der Waals surface area contributed by atoms with E-state index in [0.717, 1.165) is 62.0 Å². The molecule has 3 heterocycles. The van der Waals surface area contributed by atoms with Crippen molar-refractivity contribution in [1.29, 1.82) is 21.0 Å². The molecule has 0 bridgehead atoms. The molecule has 9 rings (SSSR count). The van der Waals surface area contributed by atoms with Gasteiger partial charge in [0, 0.05) is 67.6 Å². The van der Waals surface area contributed by atoms with Gasteiger partial charge in [-0.2, -0.15) is 21.0 Å². The average Bonchev–Trinajstić information content (AvgIpc) is 0.774. The molecule has 0 amide bonds. The number of rotatable bonds is 15. The number of hydrogen-bond acceptors (Lipinski definition) is 23. The van der Waals surface area contributed by atoms with E-state index in [1.165, 1.54) is 21.0 Å². The second kappa shape index (κ2) is 47.0. The number of aliphatic hydroxyl groups is 3. The number of aliphatic hydroxyl groups excluding tert-OH is 3. The first kappa shape index (κ1) is 85.0. The van der Waals surface area contributed by atoms with Crippen LogP contribution in [0.2, 0.25) is 0 Å². The van der Waals surface area contributed by atoms with Gasteiger partial charge >= 0.3 is 87.2 Å². The van der Waals surface area contributed by atoms with Gasteiger partial charge in [0.05, 0.1) is 45.1 Å². The van der Waals surface area contributed by atoms with E-state index in [2.05, 4.69) is 44.2 Å². The molecule has 20 nitrogen and oxygen atoms in total. The smallest absolute Gasteiger partial charge is 1.00 e. The zero-order chi connectivity index (χ0) is 68.7. The topological polar surface area (TPSA) is 331 Å². The largest absolute Gasteiger partial charge is 1.00 e. The van der Waals surface area contributed by atoms with E-state index >= 15 is 0 Å². The summed E-state index contributed by atoms with van der Waals surface area (Å²) in [6.07, 6.45) is -0.703. The molecule has 2 aliphatic rings. The summed E-state index contributed by atoms with van der Waals surface area (Å²) in [6, 6.07) is 53.6. The van der Waals surface area contributed by atoms with Crippen molar-refractivity contribution < 1.29 is 125 Å². The Morgan fingerprint density at radius 2 is 0.853 bits per heavy atom. The van der Waals surface area contributed by atoms with Gasteiger partial charge in [-0.15, -0.1) is 11.3 Å². The normalized spacial score (nSPS) is 10.7. The summed E-state index contributed by atoms with van der Waals surface area (Å²) in [6.45, 7) is 9.11. The zero-order valence-electron chi connectivity index (χ0n) is 52.5. The molecule has 0 radical (unpaired) electrons. The van der Waals surface area contributed by atoms with Crippen molar-refractivity contribution in [2.45, 2.75) is 64.5 Å². The van der Waals surface area contributed by atoms with Gasteiger partial charge in [-0.3, -0.25) is 19.2 Å². The number of ether oxygens (including phenoxy) is 6. The summed E-state index contributed by atoms with van der Waals surface area (Å²) in [5.41, 5.74) is 4.74. The number of benzene rings is 6. The number of fused-ring (bicyclic) bond motifs is 6. The van der Waals surface area contributed by atoms with Gasteiger partial charge in [0.1, 0.15) is 63.9 Å². The number of halogens is 2. The minimum Gasteiger partial charge on any atom is -1.00 e. The van der Waals surface area contributed by atoms with Crippen LogP contribution in [0.3, 0.4) is 0 Å². The van der Waals surface area contributed by atoms with Crippen LogP contribution in [0.15, 0.2) is 200 Å². The Morgan fingerprint density at radius 1 is 0.505 bits per heavy atom. The molecular weight excluding hydrogens is 1350 g/mol. The fourth-order valence-electron chi connectivity index (χ4n) is 7.31. The van der Waals surface area contributed by atoms with Gasteiger partial charge in [-0.05, 0) is 73.5 Å². The minimum absolute atomic E-state index is 0. The number of alkyl halides is 2. The first-order chi connectivity index (χ1) is 44.7. The third-order valence-electron chi connectivity index (χ3n) is 11.4. The molecule has 0 aliphatic carbocycles. The predicted molar refractivity (Wildman–Crippen MR) is 360 cm³/mol. The molecule has 7 aromatic rings. The van der Waals surface area contributed by atoms with Crippen LogP contribution in [-0.4, -0.2) is 111 Å². The van der Waals surface area contributed by atoms with Crippen molar-refractivity contribution in [2.75, 3.05) is 60.0 Å². The molecular formula is C69H67Cl2KN4O16S3. The Labute approximate surface area is 616 Å². The van der Waals surface area contributed by atoms with Crippen LogP contribution in [0.25, 0.3) is 25.7 Å². The van der Waals surface area contributed by atoms with Crippen molar-refractivity contribution in [3.05, 3.63) is 208 Å². The molecule has 0 fully saturated rings. The summed E-state index contributed by atoms with van der Waals surface area (Å²) in [7, 11) is 1.25. The van der Waals surface area contributed by atoms with Crippen LogP contribution >= 0.6 is 58.1 Å². The molecule has 1 aromatic heterocycles. The van der Waals surface area contributed by atoms with Gasteiger partial charge in [0.15, 0.2) is 9.76 Å². The Bertz CT molecular complexity index is 3900. The second-order valence-electron chi connectivity index (χ2n) is 18.2. The molecule has 6 aromatic carbocycles. The van der Waals surface area contributed by atoms with E-state index in [-0.39, 0.29) is 155 Å². The quantitative estimate of drug-likeness (QED) is 0.0126. The molecule has 2 aliphatic heterocycles. The summed E-state index contributed by atoms with van der Waals surface area (Å²) < 4.78 is 28.9. The van der Waals surface area contributed by atoms with E-state index in [0.29, 0.717) is 5.57 Å². The monoisotopic (exact) mass is 1410 g/mol. The Hall–Kier alpha value is -7.99. The Morgan fingerprint density at radius 3 is 1.23 bits per heavy atom. The number of nitrogens with zero attached hydrogens (tertiary/aromatic N) is 4. The number of nitriles is 4. The van der Waals surface area contributed by atoms with E-state index in [4.69, 9.17) is 63.8 Å². The van der Waals surface area contributed by atoms with Gasteiger partial charge in [-0.1, -0.05) is 164 Å². The second-order valence-corrected chi connectivity index (χ2v) is 22.8. The molecule has 95 heavy (non-hydrogen) atoms. The van der Waals surface area contributed by atoms with Crippen LogP contribution in [0.1, 0.15) is 64.2 Å². The SMILES string of the molecule is C.C=C(C)C(=O)OCCOC(=O)C(C#N)=C1c2ccccc2Sc2ccccc21.C=C(C)C(=O)OCCOC(=O)CC#N.COC(=O)CC#N.ClC1(Cl)c2ccccc2Sc2ccccc21.N#CCC(=O)OCCO.O=c1c2ccccc2sc2ccccc12.OCCO.[H-].[K+]. The third kappa shape index (κ3) is 28.5. The molecule has 0 unspecified atom stereocenters. The standard InChI is InChI=1S/C22H17NO4S.C13H8Cl2S.C13H8OS.C9H11NO4.C5H7NO3.C4H5NO2.C2H6O2.CH4.K.H/c1-14(2)21(24)26-11-12-27-22(25)17(13-23)20-15-7-3-5-9-18(15)28-19-10-6-4-8-16(19)20;14-13(15)9-5-1-3-7-11(9)16-12-8-4-2-6-10(12)13;14-13-9-5-1-3-7-11(9)15-12-8-4-2-6-10(12)13;1-7(2)9(12)14-6-5-13-8(11)3-4-10;6-2-1-5(8)9-4-3-7;1-7-4(6)2-3-5;3-1-2-4;;;/h3-10H,1,11-12H2,2H3;1-8H;1-8H;1,3,5-6H2,2H3;7H,1,3-4H2;2H2,1H3;3-4H,1-2H2;1H4;;/q;;;;;;;;+1;-1. The fourth-order valence-corrected chi connectivity index (χ4v) is 11.5. The first-order valence-electron chi connectivity index (χ1n) is 27.5. The summed E-state index contributed by atoms with van der Waals surface area (Å²) >= 11 is 17.9. The molecule has 0 atom stereocenters. The maximum atomic E-state index is 12.6. The number of carbonyl (C=O) groups excluding carboxylic acids is 6. The summed E-state index contributed by atoms with van der Waals surface area (Å²) in [5, 5.41) is 58.6. The third-order valence-corrected chi connectivity index (χ3v) is 15.7. The fraction of sp³-hybridized carbons (Fsp3) is 0.232. The van der Waals surface area contributed by atoms with Crippen LogP contribution in [0, 0.1) is 45.3 Å². The molecule has 492 valence electrons. The number of hydrogen-bond donors (Lipinski definition) is 3. The molecule has 3 N–H and O–H groups in total. The van der Waals surface area contributed by atoms with E-state index in [1.54, 1.807) is 53.1 Å². The van der Waals surface area contributed by atoms with Crippen LogP contribution in [0.5, 0.6) is 0 Å². The molecule has 26 heteroatoms. The van der Waals surface area contributed by atoms with Crippen LogP contribution in [-0.2, 0) is 61.5 Å². The number of carbonyl (C=O) groups is 6. The van der Waals surface area contributed by atoms with Gasteiger partial charge < -0.3 is 45.2 Å². The number of esters is 6. The van der Waals surface area contributed by atoms with Crippen LogP contribution < -0.4 is 56.8 Å². The minimum atomic E-state index is -0.932. The Balaban J connectivity index is 0.00000117. The maximum Gasteiger partial charge on any atom is 1.00 e. The van der Waals surface area contributed by atoms with Crippen molar-refractivity contribution in [3.8, 4) is 24.3 Å². The van der Waals surface area contributed by atoms with E-state index in [9.17, 15) is 38.8 Å².